The molecule has 0 spiro atoms. The Morgan fingerprint density at radius 2 is 1.94 bits per heavy atom. The monoisotopic (exact) mass is 322 g/mol. The van der Waals surface area contributed by atoms with E-state index in [9.17, 15) is 17.6 Å². The molecule has 1 aromatic carbocycles. The van der Waals surface area contributed by atoms with Crippen LogP contribution in [0.5, 0.6) is 0 Å². The fourth-order valence-corrected chi connectivity index (χ4v) is 2.06. The lowest BCUT2D eigenvalue weighted by Crippen LogP contribution is -2.10. The fourth-order valence-electron chi connectivity index (χ4n) is 1.63. The smallest absolute Gasteiger partial charge is 0.334 e. The summed E-state index contributed by atoms with van der Waals surface area (Å²) in [5, 5.41) is 0. The molecule has 0 saturated carbocycles. The number of hydrogen-bond acceptors (Lipinski definition) is 1. The Kier molecular flexibility index (Phi) is 3.18. The van der Waals surface area contributed by atoms with Crippen molar-refractivity contribution in [2.75, 3.05) is 0 Å². The summed E-state index contributed by atoms with van der Waals surface area (Å²) < 4.78 is 53.9. The Balaban J connectivity index is 2.78. The average molecular weight is 323 g/mol. The molecule has 2 nitrogen and oxygen atoms in total. The molecular weight excluding hydrogens is 316 g/mol. The summed E-state index contributed by atoms with van der Waals surface area (Å²) >= 11 is 2.85. The number of benzene rings is 1. The van der Waals surface area contributed by atoms with Crippen LogP contribution in [0.15, 0.2) is 29.0 Å². The van der Waals surface area contributed by atoms with Gasteiger partial charge < -0.3 is 4.57 Å². The summed E-state index contributed by atoms with van der Waals surface area (Å²) in [7, 11) is 1.50. The van der Waals surface area contributed by atoms with Crippen LogP contribution in [0.2, 0.25) is 0 Å². The molecule has 0 bridgehead atoms. The summed E-state index contributed by atoms with van der Waals surface area (Å²) in [6, 6.07) is 1.83. The zero-order chi connectivity index (χ0) is 13.5. The van der Waals surface area contributed by atoms with E-state index in [4.69, 9.17) is 0 Å². The third-order valence-electron chi connectivity index (χ3n) is 2.41. The number of imidazole rings is 1. The quantitative estimate of drug-likeness (QED) is 0.725. The number of alkyl halides is 3. The zero-order valence-corrected chi connectivity index (χ0v) is 10.7. The molecular formula is C11H7BrF4N2. The van der Waals surface area contributed by atoms with E-state index in [1.54, 1.807) is 0 Å². The number of nitrogens with zero attached hydrogens (tertiary/aromatic N) is 2. The highest BCUT2D eigenvalue weighted by Crippen LogP contribution is 2.39. The van der Waals surface area contributed by atoms with Crippen LogP contribution in [0.1, 0.15) is 5.56 Å². The van der Waals surface area contributed by atoms with Gasteiger partial charge in [-0.2, -0.15) is 13.2 Å². The van der Waals surface area contributed by atoms with E-state index in [1.165, 1.54) is 24.0 Å². The van der Waals surface area contributed by atoms with Gasteiger partial charge in [-0.25, -0.2) is 9.37 Å². The van der Waals surface area contributed by atoms with E-state index < -0.39 is 23.1 Å². The van der Waals surface area contributed by atoms with Gasteiger partial charge in [-0.05, 0) is 12.1 Å². The van der Waals surface area contributed by atoms with Crippen molar-refractivity contribution in [3.8, 4) is 11.4 Å². The largest absolute Gasteiger partial charge is 0.417 e. The van der Waals surface area contributed by atoms with Crippen molar-refractivity contribution in [3.05, 3.63) is 40.4 Å². The molecule has 18 heavy (non-hydrogen) atoms. The van der Waals surface area contributed by atoms with E-state index >= 15 is 0 Å². The Bertz CT molecular complexity index is 589. The average Bonchev–Trinajstić information content (AvgIpc) is 2.62. The highest BCUT2D eigenvalue weighted by atomic mass is 79.9. The van der Waals surface area contributed by atoms with Crippen LogP contribution in [0.3, 0.4) is 0 Å². The number of aromatic nitrogens is 2. The minimum absolute atomic E-state index is 0.0327. The molecule has 0 unspecified atom stereocenters. The van der Waals surface area contributed by atoms with Gasteiger partial charge in [0.1, 0.15) is 11.6 Å². The summed E-state index contributed by atoms with van der Waals surface area (Å²) in [6.07, 6.45) is -1.88. The third kappa shape index (κ3) is 2.27. The van der Waals surface area contributed by atoms with Crippen LogP contribution in [0, 0.1) is 5.82 Å². The van der Waals surface area contributed by atoms with Gasteiger partial charge in [0, 0.05) is 23.9 Å². The molecule has 0 aliphatic heterocycles. The number of rotatable bonds is 1. The molecule has 2 aromatic rings. The molecule has 96 valence electrons. The maximum absolute atomic E-state index is 13.8. The lowest BCUT2D eigenvalue weighted by Gasteiger charge is -2.14. The standard InChI is InChI=1S/C11H7BrF4N2/c1-18-3-2-17-10(18)9-7(11(14,15)16)4-6(12)5-8(9)13/h2-5H,1H3. The van der Waals surface area contributed by atoms with Crippen LogP contribution in [-0.2, 0) is 13.2 Å². The van der Waals surface area contributed by atoms with Crippen LogP contribution >= 0.6 is 15.9 Å². The summed E-state index contributed by atoms with van der Waals surface area (Å²) in [5.74, 6) is -1.03. The molecule has 1 aromatic heterocycles. The van der Waals surface area contributed by atoms with Crippen LogP contribution < -0.4 is 0 Å². The summed E-state index contributed by atoms with van der Waals surface area (Å²) in [6.45, 7) is 0. The van der Waals surface area contributed by atoms with E-state index in [-0.39, 0.29) is 10.3 Å². The minimum atomic E-state index is -4.65. The van der Waals surface area contributed by atoms with Crippen molar-refractivity contribution in [2.24, 2.45) is 7.05 Å². The molecule has 1 heterocycles. The van der Waals surface area contributed by atoms with Crippen LogP contribution in [0.25, 0.3) is 11.4 Å². The lowest BCUT2D eigenvalue weighted by atomic mass is 10.1. The van der Waals surface area contributed by atoms with E-state index in [0.717, 1.165) is 12.1 Å². The van der Waals surface area contributed by atoms with Crippen molar-refractivity contribution in [2.45, 2.75) is 6.18 Å². The molecule has 0 aliphatic rings. The second-order valence-corrected chi connectivity index (χ2v) is 4.59. The Hall–Kier alpha value is -1.37. The Labute approximate surface area is 108 Å². The van der Waals surface area contributed by atoms with Crippen LogP contribution in [-0.4, -0.2) is 9.55 Å². The van der Waals surface area contributed by atoms with Gasteiger partial charge in [0.25, 0.3) is 0 Å². The number of hydrogen-bond donors (Lipinski definition) is 0. The highest BCUT2D eigenvalue weighted by Gasteiger charge is 2.36. The second kappa shape index (κ2) is 4.38. The Morgan fingerprint density at radius 1 is 1.28 bits per heavy atom. The molecule has 2 rings (SSSR count). The predicted molar refractivity (Wildman–Crippen MR) is 61.3 cm³/mol. The van der Waals surface area contributed by atoms with Gasteiger partial charge in [-0.1, -0.05) is 15.9 Å². The lowest BCUT2D eigenvalue weighted by molar-refractivity contribution is -0.137. The molecule has 0 radical (unpaired) electrons. The van der Waals surface area contributed by atoms with Gasteiger partial charge in [0.15, 0.2) is 0 Å². The first kappa shape index (κ1) is 13.1. The van der Waals surface area contributed by atoms with Gasteiger partial charge in [-0.3, -0.25) is 0 Å². The first-order chi connectivity index (χ1) is 8.30. The number of aryl methyl sites for hydroxylation is 1. The van der Waals surface area contributed by atoms with E-state index in [1.807, 2.05) is 0 Å². The maximum atomic E-state index is 13.8. The molecule has 0 N–H and O–H groups in total. The van der Waals surface area contributed by atoms with Gasteiger partial charge in [0.05, 0.1) is 11.1 Å². The third-order valence-corrected chi connectivity index (χ3v) is 2.86. The Morgan fingerprint density at radius 3 is 2.44 bits per heavy atom. The topological polar surface area (TPSA) is 17.8 Å². The first-order valence-electron chi connectivity index (χ1n) is 4.84. The van der Waals surface area contributed by atoms with Gasteiger partial charge in [0.2, 0.25) is 0 Å². The van der Waals surface area contributed by atoms with E-state index in [0.29, 0.717) is 0 Å². The SMILES string of the molecule is Cn1ccnc1-c1c(F)cc(Br)cc1C(F)(F)F. The first-order valence-corrected chi connectivity index (χ1v) is 5.64. The molecule has 0 atom stereocenters. The zero-order valence-electron chi connectivity index (χ0n) is 9.09. The van der Waals surface area contributed by atoms with Crippen molar-refractivity contribution in [1.29, 1.82) is 0 Å². The molecule has 0 fully saturated rings. The highest BCUT2D eigenvalue weighted by molar-refractivity contribution is 9.10. The van der Waals surface area contributed by atoms with Crippen molar-refractivity contribution >= 4 is 15.9 Å². The number of halogens is 5. The van der Waals surface area contributed by atoms with Gasteiger partial charge in [-0.15, -0.1) is 0 Å². The minimum Gasteiger partial charge on any atom is -0.334 e. The molecule has 0 amide bonds. The maximum Gasteiger partial charge on any atom is 0.417 e. The van der Waals surface area contributed by atoms with Crippen molar-refractivity contribution < 1.29 is 17.6 Å². The summed E-state index contributed by atoms with van der Waals surface area (Å²) in [4.78, 5) is 3.76. The molecule has 7 heteroatoms. The molecule has 0 aliphatic carbocycles. The van der Waals surface area contributed by atoms with Crippen molar-refractivity contribution in [1.82, 2.24) is 9.55 Å². The van der Waals surface area contributed by atoms with Crippen LogP contribution in [0.4, 0.5) is 17.6 Å². The fraction of sp³-hybridized carbons (Fsp3) is 0.182. The second-order valence-electron chi connectivity index (χ2n) is 3.67. The van der Waals surface area contributed by atoms with Crippen molar-refractivity contribution in [3.63, 3.8) is 0 Å². The normalized spacial score (nSPS) is 11.9. The van der Waals surface area contributed by atoms with E-state index in [2.05, 4.69) is 20.9 Å². The predicted octanol–water partition coefficient (Wildman–Crippen LogP) is 4.01. The van der Waals surface area contributed by atoms with Gasteiger partial charge >= 0.3 is 6.18 Å². The summed E-state index contributed by atoms with van der Waals surface area (Å²) in [5.41, 5.74) is -1.60. The molecule has 0 saturated heterocycles.